The first-order valence-electron chi connectivity index (χ1n) is 11.9. The Bertz CT molecular complexity index is 1070. The lowest BCUT2D eigenvalue weighted by atomic mass is 9.83. The maximum absolute atomic E-state index is 13.8. The van der Waals surface area contributed by atoms with Crippen LogP contribution in [0.4, 0.5) is 10.1 Å². The Labute approximate surface area is 197 Å². The van der Waals surface area contributed by atoms with E-state index >= 15 is 0 Å². The molecule has 1 saturated carbocycles. The van der Waals surface area contributed by atoms with Crippen LogP contribution in [0.5, 0.6) is 5.75 Å². The fourth-order valence-corrected chi connectivity index (χ4v) is 5.00. The summed E-state index contributed by atoms with van der Waals surface area (Å²) in [6, 6.07) is 11.9. The summed E-state index contributed by atoms with van der Waals surface area (Å²) in [6.45, 7) is -0.128. The standard InChI is InChI=1S/C26H29FN2O5/c27-21-7-2-1-4-16(21)13-28-24(31)12-18-11-20-19-10-17(29-26(32)15-5-3-6-15)8-9-22(19)34-25(20)23(14-30)33-18/h1-2,4,7-10,15,18,20,23,25,30H,3,5-6,11-14H2,(H,28,31)(H,29,32)/t18-,20+,23+,25-/m0/s1. The van der Waals surface area contributed by atoms with Crippen LogP contribution in [0.2, 0.25) is 0 Å². The van der Waals surface area contributed by atoms with Crippen molar-refractivity contribution >= 4 is 17.5 Å². The van der Waals surface area contributed by atoms with Crippen molar-refractivity contribution in [3.05, 3.63) is 59.4 Å². The molecule has 1 saturated heterocycles. The van der Waals surface area contributed by atoms with Gasteiger partial charge in [0.1, 0.15) is 23.8 Å². The van der Waals surface area contributed by atoms with Crippen molar-refractivity contribution in [2.24, 2.45) is 5.92 Å². The Balaban J connectivity index is 1.24. The van der Waals surface area contributed by atoms with Crippen LogP contribution in [0.3, 0.4) is 0 Å². The summed E-state index contributed by atoms with van der Waals surface area (Å²) in [4.78, 5) is 24.9. The van der Waals surface area contributed by atoms with E-state index in [1.54, 1.807) is 18.2 Å². The Hall–Kier alpha value is -2.97. The molecule has 2 fully saturated rings. The number of anilines is 1. The average molecular weight is 469 g/mol. The fraction of sp³-hybridized carbons (Fsp3) is 0.462. The summed E-state index contributed by atoms with van der Waals surface area (Å²) in [5.41, 5.74) is 2.10. The Morgan fingerprint density at radius 2 is 1.97 bits per heavy atom. The van der Waals surface area contributed by atoms with Gasteiger partial charge in [0.25, 0.3) is 0 Å². The number of fused-ring (bicyclic) bond motifs is 3. The minimum atomic E-state index is -0.566. The van der Waals surface area contributed by atoms with Gasteiger partial charge < -0.3 is 25.2 Å². The van der Waals surface area contributed by atoms with Crippen molar-refractivity contribution in [2.45, 2.75) is 62.9 Å². The van der Waals surface area contributed by atoms with E-state index in [4.69, 9.17) is 9.47 Å². The summed E-state index contributed by atoms with van der Waals surface area (Å²) in [7, 11) is 0. The molecular formula is C26H29FN2O5. The van der Waals surface area contributed by atoms with Crippen LogP contribution in [0.1, 0.15) is 49.1 Å². The normalized spacial score (nSPS) is 25.5. The number of amides is 2. The maximum Gasteiger partial charge on any atom is 0.227 e. The number of benzene rings is 2. The monoisotopic (exact) mass is 468 g/mol. The minimum absolute atomic E-state index is 0.0475. The number of aliphatic hydroxyl groups is 1. The van der Waals surface area contributed by atoms with E-state index in [-0.39, 0.29) is 55.1 Å². The average Bonchev–Trinajstić information content (AvgIpc) is 3.15. The highest BCUT2D eigenvalue weighted by Gasteiger charge is 2.46. The molecule has 34 heavy (non-hydrogen) atoms. The van der Waals surface area contributed by atoms with Gasteiger partial charge in [-0.25, -0.2) is 4.39 Å². The zero-order valence-corrected chi connectivity index (χ0v) is 18.8. The van der Waals surface area contributed by atoms with Crippen molar-refractivity contribution in [1.82, 2.24) is 5.32 Å². The highest BCUT2D eigenvalue weighted by Crippen LogP contribution is 2.47. The van der Waals surface area contributed by atoms with Gasteiger partial charge in [0.15, 0.2) is 0 Å². The number of halogens is 1. The van der Waals surface area contributed by atoms with E-state index in [0.717, 1.165) is 30.5 Å². The molecule has 7 nitrogen and oxygen atoms in total. The summed E-state index contributed by atoms with van der Waals surface area (Å²) < 4.78 is 25.9. The van der Waals surface area contributed by atoms with Crippen molar-refractivity contribution in [3.63, 3.8) is 0 Å². The molecule has 0 bridgehead atoms. The van der Waals surface area contributed by atoms with Gasteiger partial charge in [-0.3, -0.25) is 9.59 Å². The predicted molar refractivity (Wildman–Crippen MR) is 123 cm³/mol. The highest BCUT2D eigenvalue weighted by atomic mass is 19.1. The molecule has 2 heterocycles. The summed E-state index contributed by atoms with van der Waals surface area (Å²) >= 11 is 0. The van der Waals surface area contributed by atoms with Gasteiger partial charge in [-0.1, -0.05) is 24.6 Å². The van der Waals surface area contributed by atoms with Gasteiger partial charge in [-0.2, -0.15) is 0 Å². The van der Waals surface area contributed by atoms with E-state index in [0.29, 0.717) is 17.7 Å². The van der Waals surface area contributed by atoms with Gasteiger partial charge in [-0.05, 0) is 43.5 Å². The van der Waals surface area contributed by atoms with Crippen molar-refractivity contribution in [3.8, 4) is 5.75 Å². The number of rotatable bonds is 7. The number of carbonyl (C=O) groups is 2. The van der Waals surface area contributed by atoms with Crippen LogP contribution in [0, 0.1) is 11.7 Å². The Morgan fingerprint density at radius 1 is 1.15 bits per heavy atom. The van der Waals surface area contributed by atoms with Gasteiger partial charge in [0, 0.05) is 35.2 Å². The third kappa shape index (κ3) is 4.65. The van der Waals surface area contributed by atoms with Crippen LogP contribution in [-0.2, 0) is 20.9 Å². The van der Waals surface area contributed by atoms with E-state index < -0.39 is 12.2 Å². The third-order valence-electron chi connectivity index (χ3n) is 7.09. The first-order chi connectivity index (χ1) is 16.5. The quantitative estimate of drug-likeness (QED) is 0.580. The van der Waals surface area contributed by atoms with Crippen molar-refractivity contribution in [1.29, 1.82) is 0 Å². The van der Waals surface area contributed by atoms with Gasteiger partial charge >= 0.3 is 0 Å². The minimum Gasteiger partial charge on any atom is -0.487 e. The van der Waals surface area contributed by atoms with E-state index in [2.05, 4.69) is 10.6 Å². The van der Waals surface area contributed by atoms with Crippen LogP contribution in [0.25, 0.3) is 0 Å². The smallest absolute Gasteiger partial charge is 0.227 e. The molecule has 2 aromatic carbocycles. The molecule has 3 N–H and O–H groups in total. The number of nitrogens with one attached hydrogen (secondary N) is 2. The summed E-state index contributed by atoms with van der Waals surface area (Å²) in [5, 5.41) is 15.7. The van der Waals surface area contributed by atoms with Crippen LogP contribution >= 0.6 is 0 Å². The van der Waals surface area contributed by atoms with Crippen molar-refractivity contribution < 1.29 is 28.6 Å². The Morgan fingerprint density at radius 3 is 2.71 bits per heavy atom. The second-order valence-corrected chi connectivity index (χ2v) is 9.35. The molecule has 2 amide bonds. The second-order valence-electron chi connectivity index (χ2n) is 9.35. The molecule has 2 aliphatic heterocycles. The molecule has 0 aromatic heterocycles. The molecule has 2 aromatic rings. The van der Waals surface area contributed by atoms with Crippen LogP contribution in [-0.4, -0.2) is 41.8 Å². The van der Waals surface area contributed by atoms with Gasteiger partial charge in [0.2, 0.25) is 11.8 Å². The largest absolute Gasteiger partial charge is 0.487 e. The second kappa shape index (κ2) is 9.72. The molecule has 4 atom stereocenters. The molecule has 5 rings (SSSR count). The lowest BCUT2D eigenvalue weighted by molar-refractivity contribution is -0.142. The first kappa shape index (κ1) is 22.8. The number of ether oxygens (including phenoxy) is 2. The molecule has 180 valence electrons. The molecule has 1 aliphatic carbocycles. The predicted octanol–water partition coefficient (Wildman–Crippen LogP) is 3.27. The fourth-order valence-electron chi connectivity index (χ4n) is 5.00. The SMILES string of the molecule is O=C(C[C@@H]1C[C@@H]2c3cc(NC(=O)C4CCC4)ccc3O[C@@H]2[C@@H](CO)O1)NCc1ccccc1F. The lowest BCUT2D eigenvalue weighted by Gasteiger charge is -2.37. The maximum atomic E-state index is 13.8. The highest BCUT2D eigenvalue weighted by molar-refractivity contribution is 5.93. The summed E-state index contributed by atoms with van der Waals surface area (Å²) in [6.07, 6.45) is 2.27. The molecule has 0 radical (unpaired) electrons. The van der Waals surface area contributed by atoms with Crippen molar-refractivity contribution in [2.75, 3.05) is 11.9 Å². The molecule has 8 heteroatoms. The van der Waals surface area contributed by atoms with E-state index in [1.165, 1.54) is 6.07 Å². The van der Waals surface area contributed by atoms with Gasteiger partial charge in [0.05, 0.1) is 19.1 Å². The number of carbonyl (C=O) groups excluding carboxylic acids is 2. The number of aliphatic hydroxyl groups excluding tert-OH is 1. The van der Waals surface area contributed by atoms with E-state index in [9.17, 15) is 19.1 Å². The number of hydrogen-bond donors (Lipinski definition) is 3. The zero-order valence-electron chi connectivity index (χ0n) is 18.8. The van der Waals surface area contributed by atoms with Crippen LogP contribution in [0.15, 0.2) is 42.5 Å². The van der Waals surface area contributed by atoms with E-state index in [1.807, 2.05) is 18.2 Å². The Kier molecular flexibility index (Phi) is 6.52. The topological polar surface area (TPSA) is 96.9 Å². The first-order valence-corrected chi connectivity index (χ1v) is 11.9. The number of hydrogen-bond acceptors (Lipinski definition) is 5. The van der Waals surface area contributed by atoms with Gasteiger partial charge in [-0.15, -0.1) is 0 Å². The molecule has 3 aliphatic rings. The lowest BCUT2D eigenvalue weighted by Crippen LogP contribution is -2.47. The summed E-state index contributed by atoms with van der Waals surface area (Å²) in [5.74, 6) is 0.177. The molecule has 0 spiro atoms. The van der Waals surface area contributed by atoms with Crippen LogP contribution < -0.4 is 15.4 Å². The third-order valence-corrected chi connectivity index (χ3v) is 7.09. The molecule has 0 unspecified atom stereocenters. The molecular weight excluding hydrogens is 439 g/mol. The zero-order chi connectivity index (χ0) is 23.7.